The lowest BCUT2D eigenvalue weighted by molar-refractivity contribution is -0.121. The maximum absolute atomic E-state index is 12.2. The van der Waals surface area contributed by atoms with Crippen LogP contribution in [0.25, 0.3) is 11.3 Å². The van der Waals surface area contributed by atoms with E-state index in [0.29, 0.717) is 38.3 Å². The van der Waals surface area contributed by atoms with Crippen LogP contribution in [0.5, 0.6) is 5.75 Å². The molecule has 0 aliphatic carbocycles. The molecule has 162 valence electrons. The van der Waals surface area contributed by atoms with Crippen LogP contribution in [-0.2, 0) is 24.4 Å². The van der Waals surface area contributed by atoms with Gasteiger partial charge in [-0.1, -0.05) is 72.8 Å². The summed E-state index contributed by atoms with van der Waals surface area (Å²) < 4.78 is 11.6. The van der Waals surface area contributed by atoms with E-state index in [1.807, 2.05) is 78.9 Å². The van der Waals surface area contributed by atoms with Crippen LogP contribution in [0.2, 0.25) is 0 Å². The lowest BCUT2D eigenvalue weighted by Crippen LogP contribution is -2.22. The zero-order valence-corrected chi connectivity index (χ0v) is 17.9. The quantitative estimate of drug-likeness (QED) is 0.361. The molecule has 4 rings (SSSR count). The van der Waals surface area contributed by atoms with Gasteiger partial charge in [-0.3, -0.25) is 4.79 Å². The molecule has 0 saturated carbocycles. The molecule has 0 fully saturated rings. The normalized spacial score (nSPS) is 10.6. The Bertz CT molecular complexity index is 1120. The van der Waals surface area contributed by atoms with Crippen LogP contribution < -0.4 is 10.1 Å². The maximum atomic E-state index is 12.2. The monoisotopic (exact) mass is 426 g/mol. The maximum Gasteiger partial charge on any atom is 0.220 e. The molecule has 5 heteroatoms. The average molecular weight is 427 g/mol. The molecule has 0 unspecified atom stereocenters. The first-order valence-corrected chi connectivity index (χ1v) is 10.8. The van der Waals surface area contributed by atoms with E-state index in [-0.39, 0.29) is 5.91 Å². The minimum atomic E-state index is 0.0192. The van der Waals surface area contributed by atoms with Gasteiger partial charge in [0.05, 0.1) is 6.20 Å². The van der Waals surface area contributed by atoms with Crippen molar-refractivity contribution < 1.29 is 13.9 Å². The second-order valence-electron chi connectivity index (χ2n) is 7.54. The molecule has 1 amide bonds. The fourth-order valence-corrected chi connectivity index (χ4v) is 3.36. The van der Waals surface area contributed by atoms with E-state index in [9.17, 15) is 4.79 Å². The van der Waals surface area contributed by atoms with E-state index in [1.165, 1.54) is 0 Å². The molecule has 0 bridgehead atoms. The van der Waals surface area contributed by atoms with Gasteiger partial charge in [0, 0.05) is 24.9 Å². The topological polar surface area (TPSA) is 64.4 Å². The molecular formula is C27H26N2O3. The lowest BCUT2D eigenvalue weighted by Gasteiger charge is -2.09. The summed E-state index contributed by atoms with van der Waals surface area (Å²) in [4.78, 5) is 16.6. The number of nitrogens with zero attached hydrogens (tertiary/aromatic N) is 1. The van der Waals surface area contributed by atoms with Gasteiger partial charge < -0.3 is 14.5 Å². The van der Waals surface area contributed by atoms with Crippen LogP contribution in [0.4, 0.5) is 0 Å². The summed E-state index contributed by atoms with van der Waals surface area (Å²) >= 11 is 0. The molecule has 0 aliphatic heterocycles. The largest absolute Gasteiger partial charge is 0.489 e. The zero-order chi connectivity index (χ0) is 22.0. The highest BCUT2D eigenvalue weighted by atomic mass is 16.5. The SMILES string of the molecule is O=C(CCCc1ncc(-c2ccccc2)o1)NCc1cccc(COc2ccccc2)c1. The number of carbonyl (C=O) groups is 1. The van der Waals surface area contributed by atoms with Crippen molar-refractivity contribution in [3.63, 3.8) is 0 Å². The molecule has 0 aliphatic rings. The molecule has 0 saturated heterocycles. The number of amides is 1. The van der Waals surface area contributed by atoms with Gasteiger partial charge >= 0.3 is 0 Å². The van der Waals surface area contributed by atoms with E-state index in [4.69, 9.17) is 9.15 Å². The number of oxazole rings is 1. The van der Waals surface area contributed by atoms with Gasteiger partial charge in [-0.2, -0.15) is 0 Å². The number of benzene rings is 3. The molecule has 4 aromatic rings. The Morgan fingerprint density at radius 1 is 0.906 bits per heavy atom. The van der Waals surface area contributed by atoms with Gasteiger partial charge in [-0.25, -0.2) is 4.98 Å². The first-order chi connectivity index (χ1) is 15.8. The van der Waals surface area contributed by atoms with Gasteiger partial charge in [0.2, 0.25) is 5.91 Å². The third kappa shape index (κ3) is 6.32. The summed E-state index contributed by atoms with van der Waals surface area (Å²) in [5.41, 5.74) is 3.12. The first-order valence-electron chi connectivity index (χ1n) is 10.8. The average Bonchev–Trinajstić information content (AvgIpc) is 3.32. The Morgan fingerprint density at radius 3 is 2.47 bits per heavy atom. The summed E-state index contributed by atoms with van der Waals surface area (Å²) in [6.07, 6.45) is 3.48. The van der Waals surface area contributed by atoms with Crippen LogP contribution in [0.1, 0.15) is 29.9 Å². The van der Waals surface area contributed by atoms with Crippen LogP contribution in [0, 0.1) is 0 Å². The highest BCUT2D eigenvalue weighted by molar-refractivity contribution is 5.75. The first kappa shape index (κ1) is 21.4. The molecule has 3 aromatic carbocycles. The van der Waals surface area contributed by atoms with E-state index in [0.717, 1.165) is 28.2 Å². The van der Waals surface area contributed by atoms with Crippen molar-refractivity contribution in [3.8, 4) is 17.1 Å². The number of nitrogens with one attached hydrogen (secondary N) is 1. The Labute approximate surface area is 188 Å². The predicted molar refractivity (Wildman–Crippen MR) is 124 cm³/mol. The lowest BCUT2D eigenvalue weighted by atomic mass is 10.1. The molecule has 0 atom stereocenters. The molecule has 1 aromatic heterocycles. The molecule has 1 N–H and O–H groups in total. The number of hydrogen-bond acceptors (Lipinski definition) is 4. The molecule has 32 heavy (non-hydrogen) atoms. The molecule has 0 spiro atoms. The van der Waals surface area contributed by atoms with Crippen molar-refractivity contribution >= 4 is 5.91 Å². The smallest absolute Gasteiger partial charge is 0.220 e. The standard InChI is InChI=1S/C27H26N2O3/c30-26(15-8-16-27-29-19-25(32-27)23-11-3-1-4-12-23)28-18-21-9-7-10-22(17-21)20-31-24-13-5-2-6-14-24/h1-7,9-14,17,19H,8,15-16,18,20H2,(H,28,30). The second-order valence-corrected chi connectivity index (χ2v) is 7.54. The molecule has 5 nitrogen and oxygen atoms in total. The van der Waals surface area contributed by atoms with Gasteiger partial charge in [-0.15, -0.1) is 0 Å². The number of aromatic nitrogens is 1. The van der Waals surface area contributed by atoms with Crippen LogP contribution in [0.15, 0.2) is 95.5 Å². The molecule has 0 radical (unpaired) electrons. The van der Waals surface area contributed by atoms with E-state index < -0.39 is 0 Å². The summed E-state index contributed by atoms with van der Waals surface area (Å²) in [5, 5.41) is 2.99. The number of para-hydroxylation sites is 1. The van der Waals surface area contributed by atoms with E-state index in [2.05, 4.69) is 16.4 Å². The molecular weight excluding hydrogens is 400 g/mol. The third-order valence-corrected chi connectivity index (χ3v) is 5.04. The van der Waals surface area contributed by atoms with Crippen LogP contribution in [0.3, 0.4) is 0 Å². The highest BCUT2D eigenvalue weighted by Crippen LogP contribution is 2.20. The Hall–Kier alpha value is -3.86. The van der Waals surface area contributed by atoms with Gasteiger partial charge in [0.15, 0.2) is 11.7 Å². The zero-order valence-electron chi connectivity index (χ0n) is 17.9. The number of aryl methyl sites for hydroxylation is 1. The number of hydrogen-bond donors (Lipinski definition) is 1. The number of ether oxygens (including phenoxy) is 1. The van der Waals surface area contributed by atoms with Gasteiger partial charge in [0.1, 0.15) is 12.4 Å². The van der Waals surface area contributed by atoms with Crippen molar-refractivity contribution in [1.82, 2.24) is 10.3 Å². The predicted octanol–water partition coefficient (Wildman–Crippen LogP) is 5.56. The van der Waals surface area contributed by atoms with E-state index >= 15 is 0 Å². The Kier molecular flexibility index (Phi) is 7.32. The fourth-order valence-electron chi connectivity index (χ4n) is 3.36. The minimum absolute atomic E-state index is 0.0192. The van der Waals surface area contributed by atoms with Crippen molar-refractivity contribution in [2.24, 2.45) is 0 Å². The van der Waals surface area contributed by atoms with Crippen molar-refractivity contribution in [2.75, 3.05) is 0 Å². The van der Waals surface area contributed by atoms with Crippen molar-refractivity contribution in [1.29, 1.82) is 0 Å². The summed E-state index contributed by atoms with van der Waals surface area (Å²) in [6, 6.07) is 27.7. The van der Waals surface area contributed by atoms with E-state index in [1.54, 1.807) is 6.20 Å². The van der Waals surface area contributed by atoms with Gasteiger partial charge in [-0.05, 0) is 29.7 Å². The van der Waals surface area contributed by atoms with Crippen molar-refractivity contribution in [3.05, 3.63) is 108 Å². The highest BCUT2D eigenvalue weighted by Gasteiger charge is 2.08. The summed E-state index contributed by atoms with van der Waals surface area (Å²) in [7, 11) is 0. The summed E-state index contributed by atoms with van der Waals surface area (Å²) in [5.74, 6) is 2.27. The second kappa shape index (κ2) is 11.0. The number of rotatable bonds is 10. The molecule has 1 heterocycles. The fraction of sp³-hybridized carbons (Fsp3) is 0.185. The van der Waals surface area contributed by atoms with Crippen LogP contribution in [-0.4, -0.2) is 10.9 Å². The Morgan fingerprint density at radius 2 is 1.66 bits per heavy atom. The van der Waals surface area contributed by atoms with Gasteiger partial charge in [0.25, 0.3) is 0 Å². The minimum Gasteiger partial charge on any atom is -0.489 e. The van der Waals surface area contributed by atoms with Crippen LogP contribution >= 0.6 is 0 Å². The Balaban J connectivity index is 1.19. The summed E-state index contributed by atoms with van der Waals surface area (Å²) in [6.45, 7) is 0.988. The number of carbonyl (C=O) groups excluding carboxylic acids is 1. The van der Waals surface area contributed by atoms with Crippen molar-refractivity contribution in [2.45, 2.75) is 32.4 Å². The third-order valence-electron chi connectivity index (χ3n) is 5.04.